The molecular formula is C14H23N5O4S. The molecule has 0 aliphatic rings. The number of hydrogen-bond acceptors (Lipinski definition) is 6. The highest BCUT2D eigenvalue weighted by Crippen LogP contribution is 2.03. The molecule has 0 aliphatic heterocycles. The number of nitrogens with zero attached hydrogens (tertiary/aromatic N) is 1. The fourth-order valence-corrected chi connectivity index (χ4v) is 2.35. The number of rotatable bonds is 10. The van der Waals surface area contributed by atoms with Gasteiger partial charge in [0.1, 0.15) is 12.1 Å². The zero-order valence-corrected chi connectivity index (χ0v) is 14.4. The van der Waals surface area contributed by atoms with Gasteiger partial charge in [-0.2, -0.15) is 11.8 Å². The Morgan fingerprint density at radius 3 is 2.62 bits per heavy atom. The maximum absolute atomic E-state index is 12.3. The van der Waals surface area contributed by atoms with Gasteiger partial charge in [-0.15, -0.1) is 0 Å². The molecule has 6 N–H and O–H groups in total. The first-order valence-electron chi connectivity index (χ1n) is 7.40. The fourth-order valence-electron chi connectivity index (χ4n) is 1.86. The average molecular weight is 357 g/mol. The Hall–Kier alpha value is -2.07. The Morgan fingerprint density at radius 2 is 2.08 bits per heavy atom. The molecule has 0 spiro atoms. The largest absolute Gasteiger partial charge is 0.480 e. The molecule has 134 valence electrons. The molecule has 0 unspecified atom stereocenters. The van der Waals surface area contributed by atoms with E-state index >= 15 is 0 Å². The van der Waals surface area contributed by atoms with Gasteiger partial charge >= 0.3 is 5.97 Å². The van der Waals surface area contributed by atoms with Crippen molar-refractivity contribution in [1.82, 2.24) is 20.6 Å². The first-order valence-corrected chi connectivity index (χ1v) is 8.79. The van der Waals surface area contributed by atoms with E-state index in [4.69, 9.17) is 10.8 Å². The number of carbonyl (C=O) groups is 3. The second-order valence-corrected chi connectivity index (χ2v) is 6.28. The van der Waals surface area contributed by atoms with E-state index < -0.39 is 35.9 Å². The topological polar surface area (TPSA) is 150 Å². The lowest BCUT2D eigenvalue weighted by molar-refractivity contribution is -0.141. The van der Waals surface area contributed by atoms with Gasteiger partial charge in [-0.3, -0.25) is 14.4 Å². The quantitative estimate of drug-likeness (QED) is 0.364. The normalized spacial score (nSPS) is 14.5. The van der Waals surface area contributed by atoms with Crippen LogP contribution in [0.3, 0.4) is 0 Å². The summed E-state index contributed by atoms with van der Waals surface area (Å²) >= 11 is 1.57. The number of carboxylic acid groups (broad SMARTS) is 1. The number of H-pyrrole nitrogens is 1. The molecule has 2 amide bonds. The van der Waals surface area contributed by atoms with Gasteiger partial charge in [0, 0.05) is 18.3 Å². The maximum Gasteiger partial charge on any atom is 0.325 e. The van der Waals surface area contributed by atoms with Crippen molar-refractivity contribution in [2.75, 3.05) is 12.0 Å². The van der Waals surface area contributed by atoms with Gasteiger partial charge in [-0.25, -0.2) is 4.98 Å². The molecule has 0 aliphatic carbocycles. The Labute approximate surface area is 144 Å². The molecule has 1 rings (SSSR count). The number of imidazole rings is 1. The molecule has 9 nitrogen and oxygen atoms in total. The molecule has 0 radical (unpaired) electrons. The van der Waals surface area contributed by atoms with Crippen molar-refractivity contribution in [3.63, 3.8) is 0 Å². The molecule has 0 bridgehead atoms. The van der Waals surface area contributed by atoms with Gasteiger partial charge in [-0.05, 0) is 25.4 Å². The molecule has 0 aromatic carbocycles. The van der Waals surface area contributed by atoms with E-state index in [1.807, 2.05) is 6.26 Å². The van der Waals surface area contributed by atoms with Crippen molar-refractivity contribution >= 4 is 29.5 Å². The monoisotopic (exact) mass is 357 g/mol. The van der Waals surface area contributed by atoms with Crippen molar-refractivity contribution in [3.05, 3.63) is 18.2 Å². The number of nitrogens with one attached hydrogen (secondary N) is 3. The number of hydrogen-bond donors (Lipinski definition) is 5. The summed E-state index contributed by atoms with van der Waals surface area (Å²) in [7, 11) is 0. The van der Waals surface area contributed by atoms with Crippen LogP contribution in [0.2, 0.25) is 0 Å². The lowest BCUT2D eigenvalue weighted by Gasteiger charge is -2.21. The molecule has 10 heteroatoms. The summed E-state index contributed by atoms with van der Waals surface area (Å²) in [5.74, 6) is -1.48. The summed E-state index contributed by atoms with van der Waals surface area (Å²) in [5, 5.41) is 13.8. The van der Waals surface area contributed by atoms with Crippen LogP contribution in [0.1, 0.15) is 19.0 Å². The van der Waals surface area contributed by atoms with E-state index in [9.17, 15) is 14.4 Å². The van der Waals surface area contributed by atoms with Crippen molar-refractivity contribution in [2.24, 2.45) is 5.73 Å². The summed E-state index contributed by atoms with van der Waals surface area (Å²) < 4.78 is 0. The Morgan fingerprint density at radius 1 is 1.38 bits per heavy atom. The van der Waals surface area contributed by atoms with Crippen LogP contribution in [-0.2, 0) is 20.8 Å². The smallest absolute Gasteiger partial charge is 0.325 e. The zero-order valence-electron chi connectivity index (χ0n) is 13.6. The van der Waals surface area contributed by atoms with Crippen LogP contribution in [-0.4, -0.2) is 63.0 Å². The van der Waals surface area contributed by atoms with Gasteiger partial charge in [-0.1, -0.05) is 0 Å². The SMILES string of the molecule is CSCC[C@H](N)C(=O)N[C@@H](Cc1cnc[nH]1)C(=O)N[C@@H](C)C(=O)O. The molecule has 1 heterocycles. The lowest BCUT2D eigenvalue weighted by Crippen LogP contribution is -2.54. The first kappa shape index (κ1) is 20.0. The van der Waals surface area contributed by atoms with Crippen LogP contribution in [0, 0.1) is 0 Å². The van der Waals surface area contributed by atoms with Crippen LogP contribution in [0.15, 0.2) is 12.5 Å². The molecule has 3 atom stereocenters. The summed E-state index contributed by atoms with van der Waals surface area (Å²) in [4.78, 5) is 42.0. The Balaban J connectivity index is 2.75. The first-order chi connectivity index (χ1) is 11.3. The van der Waals surface area contributed by atoms with Crippen LogP contribution in [0.4, 0.5) is 0 Å². The highest BCUT2D eigenvalue weighted by molar-refractivity contribution is 7.98. The summed E-state index contributed by atoms with van der Waals surface area (Å²) in [5.41, 5.74) is 6.44. The Bertz CT molecular complexity index is 551. The van der Waals surface area contributed by atoms with Crippen LogP contribution >= 0.6 is 11.8 Å². The van der Waals surface area contributed by atoms with E-state index in [2.05, 4.69) is 20.6 Å². The fraction of sp³-hybridized carbons (Fsp3) is 0.571. The van der Waals surface area contributed by atoms with E-state index in [1.165, 1.54) is 19.4 Å². The van der Waals surface area contributed by atoms with Gasteiger partial charge in [0.05, 0.1) is 12.4 Å². The third-order valence-corrected chi connectivity index (χ3v) is 3.95. The number of aliphatic carboxylic acids is 1. The number of aromatic amines is 1. The number of aromatic nitrogens is 2. The molecule has 0 saturated carbocycles. The van der Waals surface area contributed by atoms with E-state index in [-0.39, 0.29) is 6.42 Å². The van der Waals surface area contributed by atoms with E-state index in [0.717, 1.165) is 5.75 Å². The number of thioether (sulfide) groups is 1. The lowest BCUT2D eigenvalue weighted by atomic mass is 10.1. The third kappa shape index (κ3) is 6.59. The zero-order chi connectivity index (χ0) is 18.1. The van der Waals surface area contributed by atoms with Crippen LogP contribution in [0.25, 0.3) is 0 Å². The van der Waals surface area contributed by atoms with Gasteiger partial charge in [0.15, 0.2) is 0 Å². The maximum atomic E-state index is 12.3. The van der Waals surface area contributed by atoms with E-state index in [0.29, 0.717) is 12.1 Å². The van der Waals surface area contributed by atoms with Crippen molar-refractivity contribution in [3.8, 4) is 0 Å². The minimum atomic E-state index is -1.16. The predicted molar refractivity (Wildman–Crippen MR) is 90.4 cm³/mol. The molecular weight excluding hydrogens is 334 g/mol. The molecule has 1 aromatic heterocycles. The predicted octanol–water partition coefficient (Wildman–Crippen LogP) is -0.893. The summed E-state index contributed by atoms with van der Waals surface area (Å²) in [6.45, 7) is 1.35. The molecule has 1 aromatic rings. The van der Waals surface area contributed by atoms with Crippen LogP contribution < -0.4 is 16.4 Å². The number of carbonyl (C=O) groups excluding carboxylic acids is 2. The van der Waals surface area contributed by atoms with Crippen molar-refractivity contribution in [2.45, 2.75) is 37.9 Å². The third-order valence-electron chi connectivity index (χ3n) is 3.31. The second-order valence-electron chi connectivity index (χ2n) is 5.30. The van der Waals surface area contributed by atoms with Crippen molar-refractivity contribution in [1.29, 1.82) is 0 Å². The summed E-state index contributed by atoms with van der Waals surface area (Å²) in [6, 6.07) is -2.74. The van der Waals surface area contributed by atoms with Gasteiger partial charge in [0.2, 0.25) is 11.8 Å². The molecule has 0 fully saturated rings. The number of amides is 2. The molecule has 0 saturated heterocycles. The Kier molecular flexibility index (Phi) is 8.27. The minimum Gasteiger partial charge on any atom is -0.480 e. The average Bonchev–Trinajstić information content (AvgIpc) is 3.04. The standard InChI is InChI=1S/C14H23N5O4S/c1-8(14(22)23)18-13(21)11(5-9-6-16-7-17-9)19-12(20)10(15)3-4-24-2/h6-8,10-11H,3-5,15H2,1-2H3,(H,16,17)(H,18,21)(H,19,20)(H,22,23)/t8-,10-,11-/m0/s1. The number of carboxylic acids is 1. The van der Waals surface area contributed by atoms with Crippen molar-refractivity contribution < 1.29 is 19.5 Å². The van der Waals surface area contributed by atoms with Gasteiger partial charge < -0.3 is 26.5 Å². The number of nitrogens with two attached hydrogens (primary N) is 1. The van der Waals surface area contributed by atoms with Gasteiger partial charge in [0.25, 0.3) is 0 Å². The van der Waals surface area contributed by atoms with E-state index in [1.54, 1.807) is 11.8 Å². The van der Waals surface area contributed by atoms with Crippen LogP contribution in [0.5, 0.6) is 0 Å². The highest BCUT2D eigenvalue weighted by Gasteiger charge is 2.26. The minimum absolute atomic E-state index is 0.152. The highest BCUT2D eigenvalue weighted by atomic mass is 32.2. The second kappa shape index (κ2) is 9.93. The molecule has 24 heavy (non-hydrogen) atoms. The summed E-state index contributed by atoms with van der Waals surface area (Å²) in [6.07, 6.45) is 5.53.